The lowest BCUT2D eigenvalue weighted by Crippen LogP contribution is -2.08. The molecule has 1 aliphatic carbocycles. The monoisotopic (exact) mass is 321 g/mol. The van der Waals surface area contributed by atoms with Crippen molar-refractivity contribution in [1.82, 2.24) is 9.97 Å². The fourth-order valence-corrected chi connectivity index (χ4v) is 3.78. The number of anilines is 1. The molecule has 1 fully saturated rings. The Hall–Kier alpha value is -2.33. The van der Waals surface area contributed by atoms with Crippen LogP contribution in [0.4, 0.5) is 5.69 Å². The summed E-state index contributed by atoms with van der Waals surface area (Å²) in [4.78, 5) is 7.76. The Balaban J connectivity index is 1.72. The minimum Gasteiger partial charge on any atom is -0.388 e. The Morgan fingerprint density at radius 3 is 2.62 bits per heavy atom. The zero-order valence-corrected chi connectivity index (χ0v) is 13.9. The second kappa shape index (κ2) is 6.29. The molecule has 0 amide bonds. The molecule has 4 heteroatoms. The molecule has 0 saturated heterocycles. The third kappa shape index (κ3) is 2.67. The lowest BCUT2D eigenvalue weighted by atomic mass is 9.94. The van der Waals surface area contributed by atoms with Crippen molar-refractivity contribution in [3.05, 3.63) is 48.3 Å². The summed E-state index contributed by atoms with van der Waals surface area (Å²) in [5.74, 6) is 0.377. The number of rotatable bonds is 4. The van der Waals surface area contributed by atoms with Crippen molar-refractivity contribution >= 4 is 16.7 Å². The van der Waals surface area contributed by atoms with E-state index < -0.39 is 6.10 Å². The van der Waals surface area contributed by atoms with E-state index in [1.165, 1.54) is 12.8 Å². The molecule has 1 atom stereocenters. The molecule has 0 radical (unpaired) electrons. The summed E-state index contributed by atoms with van der Waals surface area (Å²) in [6, 6.07) is 10.4. The first-order valence-electron chi connectivity index (χ1n) is 8.69. The fraction of sp³-hybridized carbons (Fsp3) is 0.350. The van der Waals surface area contributed by atoms with Gasteiger partial charge in [-0.15, -0.1) is 0 Å². The second-order valence-corrected chi connectivity index (χ2v) is 6.68. The zero-order valence-electron chi connectivity index (χ0n) is 13.9. The SMILES string of the molecule is CNc1ccc(-c2cnc3[nH]cc(C(O)C4CCCC4)c3c2)cc1. The number of nitrogens with one attached hydrogen (secondary N) is 2. The number of H-pyrrole nitrogens is 1. The Morgan fingerprint density at radius 2 is 1.92 bits per heavy atom. The number of aliphatic hydroxyl groups is 1. The van der Waals surface area contributed by atoms with Gasteiger partial charge in [-0.3, -0.25) is 0 Å². The van der Waals surface area contributed by atoms with Crippen molar-refractivity contribution in [1.29, 1.82) is 0 Å². The Bertz CT molecular complexity index is 832. The first kappa shape index (κ1) is 15.2. The third-order valence-electron chi connectivity index (χ3n) is 5.23. The summed E-state index contributed by atoms with van der Waals surface area (Å²) >= 11 is 0. The van der Waals surface area contributed by atoms with Gasteiger partial charge in [-0.1, -0.05) is 25.0 Å². The van der Waals surface area contributed by atoms with Crippen LogP contribution in [0.3, 0.4) is 0 Å². The zero-order chi connectivity index (χ0) is 16.5. The maximum absolute atomic E-state index is 10.8. The van der Waals surface area contributed by atoms with Crippen molar-refractivity contribution in [3.63, 3.8) is 0 Å². The molecule has 1 saturated carbocycles. The predicted octanol–water partition coefficient (Wildman–Crippen LogP) is 4.50. The number of hydrogen-bond acceptors (Lipinski definition) is 3. The van der Waals surface area contributed by atoms with Gasteiger partial charge >= 0.3 is 0 Å². The molecule has 24 heavy (non-hydrogen) atoms. The molecule has 0 bridgehead atoms. The van der Waals surface area contributed by atoms with E-state index in [-0.39, 0.29) is 0 Å². The molecule has 4 rings (SSSR count). The Labute approximate surface area is 141 Å². The van der Waals surface area contributed by atoms with E-state index in [2.05, 4.69) is 45.6 Å². The highest BCUT2D eigenvalue weighted by atomic mass is 16.3. The molecular weight excluding hydrogens is 298 g/mol. The molecule has 3 N–H and O–H groups in total. The molecule has 1 unspecified atom stereocenters. The van der Waals surface area contributed by atoms with E-state index in [1.807, 2.05) is 19.4 Å². The summed E-state index contributed by atoms with van der Waals surface area (Å²) < 4.78 is 0. The summed E-state index contributed by atoms with van der Waals surface area (Å²) in [7, 11) is 1.92. The van der Waals surface area contributed by atoms with Crippen LogP contribution in [0.2, 0.25) is 0 Å². The van der Waals surface area contributed by atoms with Gasteiger partial charge in [0, 0.05) is 41.6 Å². The van der Waals surface area contributed by atoms with Crippen LogP contribution in [0.15, 0.2) is 42.7 Å². The maximum Gasteiger partial charge on any atom is 0.137 e. The van der Waals surface area contributed by atoms with Gasteiger partial charge in [0.05, 0.1) is 6.10 Å². The lowest BCUT2D eigenvalue weighted by molar-refractivity contribution is 0.113. The average Bonchev–Trinajstić information content (AvgIpc) is 3.30. The average molecular weight is 321 g/mol. The highest BCUT2D eigenvalue weighted by Gasteiger charge is 2.26. The highest BCUT2D eigenvalue weighted by Crippen LogP contribution is 2.38. The number of pyridine rings is 1. The number of aliphatic hydroxyl groups excluding tert-OH is 1. The second-order valence-electron chi connectivity index (χ2n) is 6.68. The van der Waals surface area contributed by atoms with Crippen LogP contribution in [0.1, 0.15) is 37.4 Å². The standard InChI is InChI=1S/C20H23N3O/c1-21-16-8-6-13(7-9-16)15-10-17-18(12-23-20(17)22-11-15)19(24)14-4-2-3-5-14/h6-12,14,19,21,24H,2-5H2,1H3,(H,22,23). The maximum atomic E-state index is 10.8. The van der Waals surface area contributed by atoms with Gasteiger partial charge < -0.3 is 15.4 Å². The van der Waals surface area contributed by atoms with Crippen LogP contribution >= 0.6 is 0 Å². The van der Waals surface area contributed by atoms with Crippen molar-refractivity contribution in [2.75, 3.05) is 12.4 Å². The van der Waals surface area contributed by atoms with Gasteiger partial charge in [0.2, 0.25) is 0 Å². The summed E-state index contributed by atoms with van der Waals surface area (Å²) in [6.45, 7) is 0. The normalized spacial score (nSPS) is 16.6. The first-order chi connectivity index (χ1) is 11.8. The summed E-state index contributed by atoms with van der Waals surface area (Å²) in [5, 5.41) is 14.9. The van der Waals surface area contributed by atoms with Crippen molar-refractivity contribution < 1.29 is 5.11 Å². The molecular formula is C20H23N3O. The number of benzene rings is 1. The minimum absolute atomic E-state index is 0.377. The van der Waals surface area contributed by atoms with Crippen molar-refractivity contribution in [2.24, 2.45) is 5.92 Å². The quantitative estimate of drug-likeness (QED) is 0.663. The van der Waals surface area contributed by atoms with E-state index >= 15 is 0 Å². The van der Waals surface area contributed by atoms with Gasteiger partial charge in [-0.25, -0.2) is 4.98 Å². The number of aromatic nitrogens is 2. The van der Waals surface area contributed by atoms with Gasteiger partial charge in [-0.05, 0) is 42.5 Å². The van der Waals surface area contributed by atoms with Crippen LogP contribution in [0.25, 0.3) is 22.2 Å². The van der Waals surface area contributed by atoms with E-state index in [1.54, 1.807) is 0 Å². The first-order valence-corrected chi connectivity index (χ1v) is 8.69. The number of nitrogens with zero attached hydrogens (tertiary/aromatic N) is 1. The number of aromatic amines is 1. The molecule has 2 heterocycles. The lowest BCUT2D eigenvalue weighted by Gasteiger charge is -2.17. The molecule has 1 aromatic carbocycles. The van der Waals surface area contributed by atoms with Gasteiger partial charge in [0.1, 0.15) is 5.65 Å². The number of fused-ring (bicyclic) bond motifs is 1. The van der Waals surface area contributed by atoms with Crippen LogP contribution in [0.5, 0.6) is 0 Å². The van der Waals surface area contributed by atoms with Crippen LogP contribution in [-0.4, -0.2) is 22.1 Å². The number of hydrogen-bond donors (Lipinski definition) is 3. The molecule has 4 nitrogen and oxygen atoms in total. The van der Waals surface area contributed by atoms with Crippen molar-refractivity contribution in [2.45, 2.75) is 31.8 Å². The molecule has 0 spiro atoms. The highest BCUT2D eigenvalue weighted by molar-refractivity contribution is 5.85. The molecule has 1 aliphatic rings. The summed E-state index contributed by atoms with van der Waals surface area (Å²) in [6.07, 6.45) is 8.10. The van der Waals surface area contributed by atoms with Gasteiger partial charge in [0.25, 0.3) is 0 Å². The van der Waals surface area contributed by atoms with Gasteiger partial charge in [0.15, 0.2) is 0 Å². The minimum atomic E-state index is -0.398. The van der Waals surface area contributed by atoms with E-state index in [0.29, 0.717) is 5.92 Å². The van der Waals surface area contributed by atoms with Crippen LogP contribution < -0.4 is 5.32 Å². The smallest absolute Gasteiger partial charge is 0.137 e. The molecule has 2 aromatic heterocycles. The largest absolute Gasteiger partial charge is 0.388 e. The predicted molar refractivity (Wildman–Crippen MR) is 98.0 cm³/mol. The van der Waals surface area contributed by atoms with Crippen LogP contribution in [0, 0.1) is 5.92 Å². The fourth-order valence-electron chi connectivity index (χ4n) is 3.78. The molecule has 124 valence electrons. The molecule has 0 aliphatic heterocycles. The van der Waals surface area contributed by atoms with Crippen molar-refractivity contribution in [3.8, 4) is 11.1 Å². The summed E-state index contributed by atoms with van der Waals surface area (Å²) in [5.41, 5.74) is 5.12. The van der Waals surface area contributed by atoms with E-state index in [0.717, 1.165) is 46.3 Å². The van der Waals surface area contributed by atoms with Crippen LogP contribution in [-0.2, 0) is 0 Å². The Morgan fingerprint density at radius 1 is 1.17 bits per heavy atom. The van der Waals surface area contributed by atoms with E-state index in [4.69, 9.17) is 0 Å². The van der Waals surface area contributed by atoms with E-state index in [9.17, 15) is 5.11 Å². The third-order valence-corrected chi connectivity index (χ3v) is 5.23. The topological polar surface area (TPSA) is 60.9 Å². The molecule has 3 aromatic rings. The van der Waals surface area contributed by atoms with Gasteiger partial charge in [-0.2, -0.15) is 0 Å². The Kier molecular flexibility index (Phi) is 3.98.